The molecular weight excluding hydrogens is 188 g/mol. The molecule has 0 bridgehead atoms. The van der Waals surface area contributed by atoms with Crippen molar-refractivity contribution in [2.24, 2.45) is 12.8 Å². The molecule has 1 aromatic heterocycles. The van der Waals surface area contributed by atoms with Gasteiger partial charge < -0.3 is 10.3 Å². The normalized spacial score (nSPS) is 10.9. The molecule has 2 N–H and O–H groups in total. The Bertz CT molecular complexity index is 526. The van der Waals surface area contributed by atoms with Crippen molar-refractivity contribution in [1.29, 1.82) is 0 Å². The Morgan fingerprint density at radius 2 is 2.07 bits per heavy atom. The number of nitrogens with zero attached hydrogens (tertiary/aromatic N) is 1. The second-order valence-corrected chi connectivity index (χ2v) is 3.66. The van der Waals surface area contributed by atoms with Crippen LogP contribution in [0.5, 0.6) is 0 Å². The van der Waals surface area contributed by atoms with Gasteiger partial charge in [0.2, 0.25) is 0 Å². The number of benzene rings is 1. The van der Waals surface area contributed by atoms with E-state index < -0.39 is 0 Å². The standard InChI is InChI=1S/C12H14N2O/c1-8-12(11(15)7-13)9-5-3-4-6-10(9)14(8)2/h3-6H,7,13H2,1-2H3. The van der Waals surface area contributed by atoms with Gasteiger partial charge >= 0.3 is 0 Å². The third-order valence-corrected chi connectivity index (χ3v) is 2.86. The molecular formula is C12H14N2O. The molecule has 1 aromatic carbocycles. The van der Waals surface area contributed by atoms with Crippen LogP contribution in [0, 0.1) is 6.92 Å². The van der Waals surface area contributed by atoms with E-state index in [1.54, 1.807) is 0 Å². The second-order valence-electron chi connectivity index (χ2n) is 3.66. The van der Waals surface area contributed by atoms with Crippen LogP contribution in [0.3, 0.4) is 0 Å². The van der Waals surface area contributed by atoms with Gasteiger partial charge in [0.25, 0.3) is 0 Å². The predicted octanol–water partition coefficient (Wildman–Crippen LogP) is 1.63. The number of hydrogen-bond acceptors (Lipinski definition) is 2. The molecule has 0 spiro atoms. The minimum absolute atomic E-state index is 0.00398. The van der Waals surface area contributed by atoms with Gasteiger partial charge in [0.1, 0.15) is 0 Å². The molecule has 3 heteroatoms. The minimum Gasteiger partial charge on any atom is -0.347 e. The van der Waals surface area contributed by atoms with Crippen LogP contribution in [0.1, 0.15) is 16.1 Å². The third-order valence-electron chi connectivity index (χ3n) is 2.86. The summed E-state index contributed by atoms with van der Waals surface area (Å²) in [5.41, 5.74) is 8.23. The Balaban J connectivity index is 2.83. The molecule has 3 nitrogen and oxygen atoms in total. The van der Waals surface area contributed by atoms with Crippen LogP contribution in [0.2, 0.25) is 0 Å². The maximum Gasteiger partial charge on any atom is 0.178 e. The topological polar surface area (TPSA) is 48.0 Å². The minimum atomic E-state index is 0.00398. The maximum absolute atomic E-state index is 11.7. The molecule has 0 saturated carbocycles. The molecule has 1 heterocycles. The molecule has 15 heavy (non-hydrogen) atoms. The van der Waals surface area contributed by atoms with Crippen molar-refractivity contribution in [3.63, 3.8) is 0 Å². The van der Waals surface area contributed by atoms with Gasteiger partial charge in [-0.05, 0) is 13.0 Å². The van der Waals surface area contributed by atoms with E-state index in [4.69, 9.17) is 5.73 Å². The van der Waals surface area contributed by atoms with Crippen molar-refractivity contribution in [2.45, 2.75) is 6.92 Å². The number of rotatable bonds is 2. The van der Waals surface area contributed by atoms with E-state index in [2.05, 4.69) is 0 Å². The van der Waals surface area contributed by atoms with Crippen LogP contribution in [0.15, 0.2) is 24.3 Å². The van der Waals surface area contributed by atoms with Gasteiger partial charge in [-0.2, -0.15) is 0 Å². The molecule has 2 rings (SSSR count). The van der Waals surface area contributed by atoms with E-state index in [-0.39, 0.29) is 12.3 Å². The van der Waals surface area contributed by atoms with E-state index in [0.29, 0.717) is 0 Å². The number of para-hydroxylation sites is 1. The maximum atomic E-state index is 11.7. The molecule has 78 valence electrons. The fourth-order valence-corrected chi connectivity index (χ4v) is 1.97. The molecule has 0 aliphatic heterocycles. The first kappa shape index (κ1) is 9.93. The average Bonchev–Trinajstić information content (AvgIpc) is 2.52. The van der Waals surface area contributed by atoms with Crippen molar-refractivity contribution in [3.05, 3.63) is 35.5 Å². The highest BCUT2D eigenvalue weighted by Crippen LogP contribution is 2.24. The third kappa shape index (κ3) is 1.36. The van der Waals surface area contributed by atoms with Crippen molar-refractivity contribution in [2.75, 3.05) is 6.54 Å². The summed E-state index contributed by atoms with van der Waals surface area (Å²) in [7, 11) is 1.96. The number of carbonyl (C=O) groups excluding carboxylic acids is 1. The van der Waals surface area contributed by atoms with Gasteiger partial charge in [-0.15, -0.1) is 0 Å². The molecule has 0 saturated heterocycles. The summed E-state index contributed by atoms with van der Waals surface area (Å²) < 4.78 is 2.03. The highest BCUT2D eigenvalue weighted by molar-refractivity contribution is 6.10. The predicted molar refractivity (Wildman–Crippen MR) is 61.0 cm³/mol. The number of fused-ring (bicyclic) bond motifs is 1. The van der Waals surface area contributed by atoms with Gasteiger partial charge in [0.15, 0.2) is 5.78 Å². The van der Waals surface area contributed by atoms with Crippen molar-refractivity contribution in [3.8, 4) is 0 Å². The highest BCUT2D eigenvalue weighted by Gasteiger charge is 2.16. The zero-order valence-electron chi connectivity index (χ0n) is 8.95. The fourth-order valence-electron chi connectivity index (χ4n) is 1.97. The molecule has 0 aliphatic carbocycles. The Morgan fingerprint density at radius 3 is 2.73 bits per heavy atom. The van der Waals surface area contributed by atoms with Crippen LogP contribution >= 0.6 is 0 Å². The SMILES string of the molecule is Cc1c(C(=O)CN)c2ccccc2n1C. The van der Waals surface area contributed by atoms with E-state index in [1.807, 2.05) is 42.8 Å². The van der Waals surface area contributed by atoms with Gasteiger partial charge in [0.05, 0.1) is 6.54 Å². The zero-order chi connectivity index (χ0) is 11.0. The first-order valence-electron chi connectivity index (χ1n) is 4.94. The van der Waals surface area contributed by atoms with Gasteiger partial charge in [0, 0.05) is 29.2 Å². The van der Waals surface area contributed by atoms with Gasteiger partial charge in [-0.3, -0.25) is 4.79 Å². The van der Waals surface area contributed by atoms with Gasteiger partial charge in [-0.25, -0.2) is 0 Å². The number of Topliss-reactive ketones (excluding diaryl/α,β-unsaturated/α-hetero) is 1. The smallest absolute Gasteiger partial charge is 0.178 e. The Kier molecular flexibility index (Phi) is 2.32. The summed E-state index contributed by atoms with van der Waals surface area (Å²) in [4.78, 5) is 11.7. The lowest BCUT2D eigenvalue weighted by molar-refractivity contribution is 0.100. The Labute approximate surface area is 88.5 Å². The van der Waals surface area contributed by atoms with E-state index >= 15 is 0 Å². The first-order chi connectivity index (χ1) is 7.16. The molecule has 0 amide bonds. The van der Waals surface area contributed by atoms with Gasteiger partial charge in [-0.1, -0.05) is 18.2 Å². The molecule has 0 radical (unpaired) electrons. The summed E-state index contributed by atoms with van der Waals surface area (Å²) in [5, 5.41) is 0.993. The van der Waals surface area contributed by atoms with Crippen LogP contribution in [-0.2, 0) is 7.05 Å². The lowest BCUT2D eigenvalue weighted by Crippen LogP contribution is -2.14. The summed E-state index contributed by atoms with van der Waals surface area (Å²) >= 11 is 0. The van der Waals surface area contributed by atoms with E-state index in [1.165, 1.54) is 0 Å². The number of ketones is 1. The largest absolute Gasteiger partial charge is 0.347 e. The number of carbonyl (C=O) groups is 1. The Hall–Kier alpha value is -1.61. The van der Waals surface area contributed by atoms with E-state index in [9.17, 15) is 4.79 Å². The Morgan fingerprint density at radius 1 is 1.40 bits per heavy atom. The summed E-state index contributed by atoms with van der Waals surface area (Å²) in [6.45, 7) is 2.01. The summed E-state index contributed by atoms with van der Waals surface area (Å²) in [5.74, 6) is 0.00398. The van der Waals surface area contributed by atoms with Crippen LogP contribution in [-0.4, -0.2) is 16.9 Å². The average molecular weight is 202 g/mol. The van der Waals surface area contributed by atoms with E-state index in [0.717, 1.165) is 22.2 Å². The van der Waals surface area contributed by atoms with Crippen LogP contribution in [0.4, 0.5) is 0 Å². The molecule has 0 aliphatic rings. The van der Waals surface area contributed by atoms with Crippen LogP contribution in [0.25, 0.3) is 10.9 Å². The summed E-state index contributed by atoms with van der Waals surface area (Å²) in [6.07, 6.45) is 0. The van der Waals surface area contributed by atoms with Crippen molar-refractivity contribution >= 4 is 16.7 Å². The number of hydrogen-bond donors (Lipinski definition) is 1. The van der Waals surface area contributed by atoms with Crippen molar-refractivity contribution < 1.29 is 4.79 Å². The van der Waals surface area contributed by atoms with Crippen LogP contribution < -0.4 is 5.73 Å². The fraction of sp³-hybridized carbons (Fsp3) is 0.250. The molecule has 2 aromatic rings. The quantitative estimate of drug-likeness (QED) is 0.752. The lowest BCUT2D eigenvalue weighted by atomic mass is 10.1. The van der Waals surface area contributed by atoms with Crippen molar-refractivity contribution in [1.82, 2.24) is 4.57 Å². The first-order valence-corrected chi connectivity index (χ1v) is 4.94. The monoisotopic (exact) mass is 202 g/mol. The highest BCUT2D eigenvalue weighted by atomic mass is 16.1. The number of nitrogens with two attached hydrogens (primary N) is 1. The molecule has 0 atom stereocenters. The summed E-state index contributed by atoms with van der Waals surface area (Å²) in [6, 6.07) is 7.88. The number of aromatic nitrogens is 1. The lowest BCUT2D eigenvalue weighted by Gasteiger charge is -1.99. The second kappa shape index (κ2) is 3.51. The molecule has 0 unspecified atom stereocenters. The number of aryl methyl sites for hydroxylation is 1. The zero-order valence-corrected chi connectivity index (χ0v) is 8.95. The molecule has 0 fully saturated rings.